The minimum Gasteiger partial charge on any atom is -0.397 e. The fraction of sp³-hybridized carbons (Fsp3) is 0.500. The Labute approximate surface area is 113 Å². The van der Waals surface area contributed by atoms with Gasteiger partial charge < -0.3 is 20.5 Å². The summed E-state index contributed by atoms with van der Waals surface area (Å²) in [5.74, 6) is 0. The number of nitrogens with two attached hydrogens (primary N) is 1. The molecule has 0 spiro atoms. The quantitative estimate of drug-likeness (QED) is 0.779. The summed E-state index contributed by atoms with van der Waals surface area (Å²) in [7, 11) is 0. The van der Waals surface area contributed by atoms with Gasteiger partial charge in [-0.2, -0.15) is 5.26 Å². The molecule has 5 nitrogen and oxygen atoms in total. The number of anilines is 2. The molecule has 102 valence electrons. The minimum absolute atomic E-state index is 0.0300. The van der Waals surface area contributed by atoms with Crippen molar-refractivity contribution >= 4 is 11.4 Å². The van der Waals surface area contributed by atoms with Crippen LogP contribution >= 0.6 is 0 Å². The summed E-state index contributed by atoms with van der Waals surface area (Å²) in [6.07, 6.45) is -0.242. The number of hydrogen-bond donors (Lipinski definition) is 2. The third kappa shape index (κ3) is 2.98. The molecule has 0 amide bonds. The van der Waals surface area contributed by atoms with Gasteiger partial charge in [0.15, 0.2) is 0 Å². The van der Waals surface area contributed by atoms with Crippen molar-refractivity contribution in [2.75, 3.05) is 30.3 Å². The van der Waals surface area contributed by atoms with Crippen molar-refractivity contribution in [1.82, 2.24) is 0 Å². The first-order chi connectivity index (χ1) is 8.95. The molecular formula is C14H19N3O2. The van der Waals surface area contributed by atoms with E-state index in [4.69, 9.17) is 15.7 Å². The third-order valence-electron chi connectivity index (χ3n) is 3.19. The molecule has 0 radical (unpaired) electrons. The molecule has 0 aliphatic carbocycles. The number of rotatable bonds is 2. The molecule has 1 unspecified atom stereocenters. The lowest BCUT2D eigenvalue weighted by molar-refractivity contribution is -0.100. The van der Waals surface area contributed by atoms with Crippen LogP contribution in [0.15, 0.2) is 18.2 Å². The molecule has 1 aromatic rings. The van der Waals surface area contributed by atoms with Crippen molar-refractivity contribution < 1.29 is 9.84 Å². The first kappa shape index (κ1) is 13.7. The zero-order chi connectivity index (χ0) is 14.0. The van der Waals surface area contributed by atoms with E-state index in [1.54, 1.807) is 18.2 Å². The third-order valence-corrected chi connectivity index (χ3v) is 3.19. The Morgan fingerprint density at radius 2 is 2.32 bits per heavy atom. The molecule has 3 N–H and O–H groups in total. The molecule has 5 heteroatoms. The molecule has 1 fully saturated rings. The molecule has 1 heterocycles. The SMILES string of the molecule is CC1(C)CN(c2cc(C#N)ccc2N)CC(CO)O1. The summed E-state index contributed by atoms with van der Waals surface area (Å²) in [6, 6.07) is 7.34. The standard InChI is InChI=1S/C14H19N3O2/c1-14(2)9-17(7-11(8-18)19-14)13-5-10(6-15)3-4-12(13)16/h3-5,11,18H,7-9,16H2,1-2H3. The number of aliphatic hydroxyl groups is 1. The topological polar surface area (TPSA) is 82.5 Å². The predicted molar refractivity (Wildman–Crippen MR) is 73.8 cm³/mol. The van der Waals surface area contributed by atoms with E-state index in [2.05, 4.69) is 11.0 Å². The van der Waals surface area contributed by atoms with Crippen LogP contribution in [0, 0.1) is 11.3 Å². The average Bonchev–Trinajstić information content (AvgIpc) is 2.37. The van der Waals surface area contributed by atoms with Gasteiger partial charge >= 0.3 is 0 Å². The molecule has 19 heavy (non-hydrogen) atoms. The lowest BCUT2D eigenvalue weighted by Crippen LogP contribution is -2.54. The Hall–Kier alpha value is -1.77. The van der Waals surface area contributed by atoms with E-state index in [0.717, 1.165) is 5.69 Å². The summed E-state index contributed by atoms with van der Waals surface area (Å²) in [4.78, 5) is 2.07. The maximum Gasteiger partial charge on any atom is 0.0992 e. The van der Waals surface area contributed by atoms with Gasteiger partial charge in [-0.25, -0.2) is 0 Å². The van der Waals surface area contributed by atoms with Crippen LogP contribution in [-0.2, 0) is 4.74 Å². The molecule has 1 aromatic carbocycles. The first-order valence-electron chi connectivity index (χ1n) is 6.28. The smallest absolute Gasteiger partial charge is 0.0992 e. The Morgan fingerprint density at radius 1 is 1.58 bits per heavy atom. The van der Waals surface area contributed by atoms with Crippen molar-refractivity contribution in [3.8, 4) is 6.07 Å². The van der Waals surface area contributed by atoms with Crippen LogP contribution in [0.2, 0.25) is 0 Å². The number of ether oxygens (including phenoxy) is 1. The highest BCUT2D eigenvalue weighted by molar-refractivity contribution is 5.70. The summed E-state index contributed by atoms with van der Waals surface area (Å²) in [6.45, 7) is 5.16. The molecular weight excluding hydrogens is 242 g/mol. The lowest BCUT2D eigenvalue weighted by Gasteiger charge is -2.43. The van der Waals surface area contributed by atoms with Crippen LogP contribution in [0.3, 0.4) is 0 Å². The predicted octanol–water partition coefficient (Wildman–Crippen LogP) is 1.12. The van der Waals surface area contributed by atoms with Crippen LogP contribution in [0.4, 0.5) is 11.4 Å². The van der Waals surface area contributed by atoms with Gasteiger partial charge in [0.05, 0.1) is 41.3 Å². The zero-order valence-electron chi connectivity index (χ0n) is 11.3. The highest BCUT2D eigenvalue weighted by atomic mass is 16.5. The van der Waals surface area contributed by atoms with Gasteiger partial charge in [-0.3, -0.25) is 0 Å². The molecule has 0 saturated carbocycles. The average molecular weight is 261 g/mol. The highest BCUT2D eigenvalue weighted by Gasteiger charge is 2.33. The maximum atomic E-state index is 9.32. The van der Waals surface area contributed by atoms with E-state index < -0.39 is 0 Å². The van der Waals surface area contributed by atoms with Gasteiger partial charge in [0.25, 0.3) is 0 Å². The van der Waals surface area contributed by atoms with Crippen molar-refractivity contribution in [2.45, 2.75) is 25.6 Å². The Bertz CT molecular complexity index is 508. The number of nitrogens with zero attached hydrogens (tertiary/aromatic N) is 2. The van der Waals surface area contributed by atoms with Gasteiger partial charge in [-0.1, -0.05) is 0 Å². The van der Waals surface area contributed by atoms with Gasteiger partial charge in [-0.05, 0) is 32.0 Å². The zero-order valence-corrected chi connectivity index (χ0v) is 11.3. The first-order valence-corrected chi connectivity index (χ1v) is 6.28. The normalized spacial score (nSPS) is 22.0. The summed E-state index contributed by atoms with van der Waals surface area (Å²) in [5.41, 5.74) is 7.67. The van der Waals surface area contributed by atoms with Crippen LogP contribution in [0.1, 0.15) is 19.4 Å². The van der Waals surface area contributed by atoms with Gasteiger partial charge in [0, 0.05) is 13.1 Å². The van der Waals surface area contributed by atoms with Crippen LogP contribution in [0.25, 0.3) is 0 Å². The van der Waals surface area contributed by atoms with E-state index in [-0.39, 0.29) is 18.3 Å². The molecule has 1 atom stereocenters. The van der Waals surface area contributed by atoms with E-state index in [9.17, 15) is 5.11 Å². The van der Waals surface area contributed by atoms with Gasteiger partial charge in [0.1, 0.15) is 0 Å². The highest BCUT2D eigenvalue weighted by Crippen LogP contribution is 2.30. The second-order valence-electron chi connectivity index (χ2n) is 5.45. The van der Waals surface area contributed by atoms with E-state index in [0.29, 0.717) is 24.3 Å². The van der Waals surface area contributed by atoms with Gasteiger partial charge in [-0.15, -0.1) is 0 Å². The van der Waals surface area contributed by atoms with E-state index in [1.165, 1.54) is 0 Å². The van der Waals surface area contributed by atoms with Crippen molar-refractivity contribution in [3.63, 3.8) is 0 Å². The summed E-state index contributed by atoms with van der Waals surface area (Å²) >= 11 is 0. The molecule has 2 rings (SSSR count). The molecule has 0 aromatic heterocycles. The molecule has 1 saturated heterocycles. The fourth-order valence-corrected chi connectivity index (χ4v) is 2.46. The second kappa shape index (κ2) is 5.08. The number of aliphatic hydroxyl groups excluding tert-OH is 1. The van der Waals surface area contributed by atoms with Gasteiger partial charge in [0.2, 0.25) is 0 Å². The van der Waals surface area contributed by atoms with Crippen molar-refractivity contribution in [2.24, 2.45) is 0 Å². The van der Waals surface area contributed by atoms with Crippen molar-refractivity contribution in [3.05, 3.63) is 23.8 Å². The molecule has 0 bridgehead atoms. The fourth-order valence-electron chi connectivity index (χ4n) is 2.46. The Balaban J connectivity index is 2.32. The molecule has 1 aliphatic rings. The Kier molecular flexibility index (Phi) is 3.65. The summed E-state index contributed by atoms with van der Waals surface area (Å²) < 4.78 is 5.77. The van der Waals surface area contributed by atoms with Crippen LogP contribution < -0.4 is 10.6 Å². The number of nitriles is 1. The number of morpholine rings is 1. The number of hydrogen-bond acceptors (Lipinski definition) is 5. The second-order valence-corrected chi connectivity index (χ2v) is 5.45. The summed E-state index contributed by atoms with van der Waals surface area (Å²) in [5, 5.41) is 18.3. The molecule has 1 aliphatic heterocycles. The van der Waals surface area contributed by atoms with Crippen LogP contribution in [0.5, 0.6) is 0 Å². The number of nitrogen functional groups attached to an aromatic ring is 1. The number of benzene rings is 1. The maximum absolute atomic E-state index is 9.32. The lowest BCUT2D eigenvalue weighted by atomic mass is 10.0. The Morgan fingerprint density at radius 3 is 2.95 bits per heavy atom. The van der Waals surface area contributed by atoms with E-state index in [1.807, 2.05) is 13.8 Å². The van der Waals surface area contributed by atoms with E-state index >= 15 is 0 Å². The monoisotopic (exact) mass is 261 g/mol. The minimum atomic E-state index is -0.360. The van der Waals surface area contributed by atoms with Crippen LogP contribution in [-0.4, -0.2) is 36.5 Å². The van der Waals surface area contributed by atoms with Crippen molar-refractivity contribution in [1.29, 1.82) is 5.26 Å². The largest absolute Gasteiger partial charge is 0.397 e.